The Morgan fingerprint density at radius 2 is 2.00 bits per heavy atom. The molecule has 0 saturated heterocycles. The summed E-state index contributed by atoms with van der Waals surface area (Å²) in [5.74, 6) is 10.2. The van der Waals surface area contributed by atoms with Crippen molar-refractivity contribution in [2.75, 3.05) is 5.84 Å². The largest absolute Gasteiger partial charge is 0.336 e. The lowest BCUT2D eigenvalue weighted by Crippen LogP contribution is -2.33. The Hall–Kier alpha value is -3.20. The Morgan fingerprint density at radius 1 is 1.29 bits per heavy atom. The van der Waals surface area contributed by atoms with Crippen molar-refractivity contribution >= 4 is 16.9 Å². The summed E-state index contributed by atoms with van der Waals surface area (Å²) in [6, 6.07) is 9.15. The highest BCUT2D eigenvalue weighted by molar-refractivity contribution is 6.03. The minimum Gasteiger partial charge on any atom is -0.336 e. The number of aromatic nitrogens is 4. The molecule has 3 rings (SSSR count). The van der Waals surface area contributed by atoms with Crippen LogP contribution in [0, 0.1) is 5.41 Å². The molecule has 0 unspecified atom stereocenters. The van der Waals surface area contributed by atoms with E-state index in [4.69, 9.17) is 17.1 Å². The van der Waals surface area contributed by atoms with E-state index in [0.29, 0.717) is 11.3 Å². The second-order valence-electron chi connectivity index (χ2n) is 4.27. The molecule has 1 amide bonds. The fourth-order valence-electron chi connectivity index (χ4n) is 2.03. The Bertz CT molecular complexity index is 879. The molecule has 21 heavy (non-hydrogen) atoms. The van der Waals surface area contributed by atoms with Crippen molar-refractivity contribution in [1.82, 2.24) is 24.9 Å². The third-order valence-corrected chi connectivity index (χ3v) is 3.01. The van der Waals surface area contributed by atoms with E-state index in [-0.39, 0.29) is 16.6 Å². The summed E-state index contributed by atoms with van der Waals surface area (Å²) < 4.78 is 2.48. The minimum atomic E-state index is -0.615. The molecule has 0 aliphatic rings. The van der Waals surface area contributed by atoms with Crippen LogP contribution in [0.4, 0.5) is 0 Å². The number of rotatable bonds is 2. The maximum absolute atomic E-state index is 11.9. The molecule has 9 nitrogen and oxygen atoms in total. The first-order valence-electron chi connectivity index (χ1n) is 6.00. The average Bonchev–Trinajstić information content (AvgIpc) is 2.91. The molecule has 0 spiro atoms. The number of nitrogens with one attached hydrogen (secondary N) is 2. The predicted octanol–water partition coefficient (Wildman–Crippen LogP) is -0.981. The van der Waals surface area contributed by atoms with Gasteiger partial charge in [0.05, 0.1) is 11.1 Å². The average molecular weight is 284 g/mol. The summed E-state index contributed by atoms with van der Waals surface area (Å²) in [7, 11) is 0. The molecule has 0 aliphatic heterocycles. The van der Waals surface area contributed by atoms with E-state index in [9.17, 15) is 4.79 Å². The number of carbonyl (C=O) groups is 1. The Balaban J connectivity index is 2.41. The molecule has 0 saturated carbocycles. The number of amides is 1. The van der Waals surface area contributed by atoms with Crippen LogP contribution in [0.5, 0.6) is 0 Å². The van der Waals surface area contributed by atoms with E-state index in [1.54, 1.807) is 0 Å². The molecule has 0 fully saturated rings. The van der Waals surface area contributed by atoms with Gasteiger partial charge in [-0.15, -0.1) is 0 Å². The van der Waals surface area contributed by atoms with E-state index in [1.165, 1.54) is 11.0 Å². The molecule has 0 radical (unpaired) electrons. The molecule has 9 heteroatoms. The van der Waals surface area contributed by atoms with Crippen molar-refractivity contribution in [2.24, 2.45) is 5.84 Å². The number of fused-ring (bicyclic) bond motifs is 1. The van der Waals surface area contributed by atoms with Crippen LogP contribution >= 0.6 is 0 Å². The molecule has 106 valence electrons. The molecule has 2 aromatic heterocycles. The van der Waals surface area contributed by atoms with Crippen LogP contribution in [-0.4, -0.2) is 25.3 Å². The number of hydrogen-bond acceptors (Lipinski definition) is 6. The van der Waals surface area contributed by atoms with Gasteiger partial charge in [0.1, 0.15) is 6.33 Å². The summed E-state index contributed by atoms with van der Waals surface area (Å²) in [6.45, 7) is 0. The van der Waals surface area contributed by atoms with Gasteiger partial charge in [0.2, 0.25) is 0 Å². The highest BCUT2D eigenvalue weighted by Crippen LogP contribution is 2.17. The number of nitrogen functional groups attached to an aromatic ring is 2. The van der Waals surface area contributed by atoms with Crippen LogP contribution in [0.3, 0.4) is 0 Å². The van der Waals surface area contributed by atoms with Crippen molar-refractivity contribution in [3.05, 3.63) is 47.8 Å². The number of benzene rings is 1. The molecule has 0 bridgehead atoms. The molecule has 6 N–H and O–H groups in total. The van der Waals surface area contributed by atoms with E-state index in [1.807, 2.05) is 35.8 Å². The van der Waals surface area contributed by atoms with Gasteiger partial charge in [0.25, 0.3) is 5.91 Å². The molecule has 3 aromatic rings. The highest BCUT2D eigenvalue weighted by atomic mass is 16.2. The molecular formula is C12H12N8O. The zero-order valence-electron chi connectivity index (χ0n) is 10.8. The normalized spacial score (nSPS) is 10.7. The maximum Gasteiger partial charge on any atom is 0.286 e. The predicted molar refractivity (Wildman–Crippen MR) is 74.5 cm³/mol. The first-order chi connectivity index (χ1) is 10.1. The lowest BCUT2D eigenvalue weighted by molar-refractivity contribution is 0.0949. The van der Waals surface area contributed by atoms with Gasteiger partial charge in [-0.05, 0) is 12.1 Å². The maximum atomic E-state index is 11.9. The van der Waals surface area contributed by atoms with Gasteiger partial charge in [0, 0.05) is 0 Å². The van der Waals surface area contributed by atoms with Gasteiger partial charge in [-0.25, -0.2) is 20.2 Å². The molecular weight excluding hydrogens is 272 g/mol. The second-order valence-corrected chi connectivity index (χ2v) is 4.27. The molecule has 2 heterocycles. The SMILES string of the molecule is N=c1c2c(C(=O)NN)nn(-c3ccccc3)c2ncn1N. The van der Waals surface area contributed by atoms with Crippen LogP contribution in [0.2, 0.25) is 0 Å². The standard InChI is InChI=1S/C12H12N8O/c13-10-8-9(12(21)17-14)18-20(7-4-2-1-3-5-7)11(8)16-6-19(10)15/h1-6,13H,14-15H2,(H,17,21). The fourth-order valence-corrected chi connectivity index (χ4v) is 2.03. The van der Waals surface area contributed by atoms with Crippen molar-refractivity contribution in [3.8, 4) is 5.69 Å². The first-order valence-corrected chi connectivity index (χ1v) is 6.00. The van der Waals surface area contributed by atoms with Gasteiger partial charge in [-0.1, -0.05) is 18.2 Å². The van der Waals surface area contributed by atoms with Crippen LogP contribution in [0.25, 0.3) is 16.7 Å². The summed E-state index contributed by atoms with van der Waals surface area (Å²) >= 11 is 0. The lowest BCUT2D eigenvalue weighted by Gasteiger charge is -2.02. The second kappa shape index (κ2) is 4.72. The topological polar surface area (TPSA) is 141 Å². The third kappa shape index (κ3) is 1.92. The van der Waals surface area contributed by atoms with Gasteiger partial charge >= 0.3 is 0 Å². The lowest BCUT2D eigenvalue weighted by atomic mass is 10.3. The summed E-state index contributed by atoms with van der Waals surface area (Å²) in [6.07, 6.45) is 1.29. The number of hydrazine groups is 1. The number of nitrogens with zero attached hydrogens (tertiary/aromatic N) is 4. The van der Waals surface area contributed by atoms with E-state index in [2.05, 4.69) is 10.1 Å². The highest BCUT2D eigenvalue weighted by Gasteiger charge is 2.20. The smallest absolute Gasteiger partial charge is 0.286 e. The minimum absolute atomic E-state index is 0.00588. The van der Waals surface area contributed by atoms with Crippen LogP contribution in [0.1, 0.15) is 10.5 Å². The molecule has 0 aliphatic carbocycles. The molecule has 0 atom stereocenters. The van der Waals surface area contributed by atoms with Gasteiger partial charge in [0.15, 0.2) is 16.8 Å². The monoisotopic (exact) mass is 284 g/mol. The van der Waals surface area contributed by atoms with E-state index < -0.39 is 5.91 Å². The van der Waals surface area contributed by atoms with E-state index >= 15 is 0 Å². The third-order valence-electron chi connectivity index (χ3n) is 3.01. The summed E-state index contributed by atoms with van der Waals surface area (Å²) in [4.78, 5) is 16.0. The van der Waals surface area contributed by atoms with Crippen LogP contribution < -0.4 is 22.6 Å². The van der Waals surface area contributed by atoms with Gasteiger partial charge < -0.3 is 5.84 Å². The quantitative estimate of drug-likeness (QED) is 0.272. The zero-order chi connectivity index (χ0) is 15.0. The van der Waals surface area contributed by atoms with Crippen molar-refractivity contribution in [1.29, 1.82) is 5.41 Å². The van der Waals surface area contributed by atoms with Gasteiger partial charge in [-0.2, -0.15) is 5.10 Å². The fraction of sp³-hybridized carbons (Fsp3) is 0. The number of hydrogen-bond donors (Lipinski definition) is 4. The Labute approximate surface area is 118 Å². The van der Waals surface area contributed by atoms with Crippen LogP contribution in [-0.2, 0) is 0 Å². The van der Waals surface area contributed by atoms with Crippen molar-refractivity contribution < 1.29 is 4.79 Å². The number of carbonyl (C=O) groups excluding carboxylic acids is 1. The van der Waals surface area contributed by atoms with Crippen LogP contribution in [0.15, 0.2) is 36.7 Å². The van der Waals surface area contributed by atoms with Gasteiger partial charge in [-0.3, -0.25) is 15.6 Å². The first kappa shape index (κ1) is 12.8. The summed E-state index contributed by atoms with van der Waals surface area (Å²) in [5.41, 5.74) is 2.98. The number of para-hydroxylation sites is 1. The number of nitrogens with two attached hydrogens (primary N) is 2. The Morgan fingerprint density at radius 3 is 2.67 bits per heavy atom. The van der Waals surface area contributed by atoms with E-state index in [0.717, 1.165) is 4.68 Å². The Kier molecular flexibility index (Phi) is 2.88. The summed E-state index contributed by atoms with van der Waals surface area (Å²) in [5, 5.41) is 12.4. The van der Waals surface area contributed by atoms with Crippen molar-refractivity contribution in [3.63, 3.8) is 0 Å². The zero-order valence-corrected chi connectivity index (χ0v) is 10.8. The molecule has 1 aromatic carbocycles. The van der Waals surface area contributed by atoms with Crippen molar-refractivity contribution in [2.45, 2.75) is 0 Å².